The van der Waals surface area contributed by atoms with Gasteiger partial charge in [-0.25, -0.2) is 0 Å². The predicted octanol–water partition coefficient (Wildman–Crippen LogP) is 11.4. The number of nitrogens with one attached hydrogen (secondary N) is 1. The van der Waals surface area contributed by atoms with Crippen molar-refractivity contribution >= 4 is 77.3 Å². The smallest absolute Gasteiger partial charge is 0.137 e. The maximum atomic E-state index is 6.42. The molecule has 0 amide bonds. The molecule has 1 atom stereocenters. The molecule has 7 aromatic rings. The third-order valence-electron chi connectivity index (χ3n) is 8.95. The van der Waals surface area contributed by atoms with E-state index in [1.54, 1.807) is 0 Å². The topological polar surface area (TPSA) is 28.4 Å². The third kappa shape index (κ3) is 4.33. The molecule has 44 heavy (non-hydrogen) atoms. The first-order valence-electron chi connectivity index (χ1n) is 15.3. The molecule has 0 aliphatic heterocycles. The van der Waals surface area contributed by atoms with Crippen LogP contribution in [0.2, 0.25) is 0 Å². The summed E-state index contributed by atoms with van der Waals surface area (Å²) in [4.78, 5) is 3.90. The van der Waals surface area contributed by atoms with Gasteiger partial charge in [0.15, 0.2) is 0 Å². The van der Waals surface area contributed by atoms with Gasteiger partial charge in [-0.15, -0.1) is 11.3 Å². The van der Waals surface area contributed by atoms with E-state index in [0.29, 0.717) is 0 Å². The SMILES string of the molecule is C1=CCCC(Nc2ccc3c(c2)oc2cc4cc5sc6c(c5cc4cc23)C=CC(N(c2ccccc2)c2ccccc2)C6)=C1. The maximum absolute atomic E-state index is 6.42. The van der Waals surface area contributed by atoms with Gasteiger partial charge in [-0.2, -0.15) is 0 Å². The average Bonchev–Trinajstić information content (AvgIpc) is 3.60. The van der Waals surface area contributed by atoms with Crippen molar-refractivity contribution < 1.29 is 4.42 Å². The van der Waals surface area contributed by atoms with Crippen molar-refractivity contribution in [3.05, 3.63) is 144 Å². The molecule has 3 nitrogen and oxygen atoms in total. The summed E-state index contributed by atoms with van der Waals surface area (Å²) in [6, 6.07) is 37.5. The lowest BCUT2D eigenvalue weighted by Crippen LogP contribution is -2.32. The lowest BCUT2D eigenvalue weighted by molar-refractivity contribution is 0.669. The molecule has 2 aliphatic rings. The highest BCUT2D eigenvalue weighted by Crippen LogP contribution is 2.42. The first-order valence-corrected chi connectivity index (χ1v) is 16.1. The minimum atomic E-state index is 0.244. The van der Waals surface area contributed by atoms with Crippen molar-refractivity contribution in [3.8, 4) is 0 Å². The molecule has 0 fully saturated rings. The van der Waals surface area contributed by atoms with Crippen LogP contribution >= 0.6 is 11.3 Å². The van der Waals surface area contributed by atoms with Crippen LogP contribution in [0.25, 0.3) is 48.9 Å². The fourth-order valence-corrected chi connectivity index (χ4v) is 8.11. The Labute approximate surface area is 260 Å². The zero-order valence-corrected chi connectivity index (χ0v) is 25.0. The Morgan fingerprint density at radius 3 is 2.27 bits per heavy atom. The van der Waals surface area contributed by atoms with E-state index in [1.807, 2.05) is 11.3 Å². The number of fused-ring (bicyclic) bond motifs is 7. The number of furan rings is 1. The van der Waals surface area contributed by atoms with Gasteiger partial charge in [-0.3, -0.25) is 0 Å². The molecule has 5 aromatic carbocycles. The molecule has 0 spiro atoms. The van der Waals surface area contributed by atoms with Gasteiger partial charge < -0.3 is 14.6 Å². The second-order valence-electron chi connectivity index (χ2n) is 11.8. The van der Waals surface area contributed by atoms with Crippen molar-refractivity contribution in [2.24, 2.45) is 0 Å². The van der Waals surface area contributed by atoms with Crippen LogP contribution in [0.1, 0.15) is 23.3 Å². The highest BCUT2D eigenvalue weighted by molar-refractivity contribution is 7.19. The molecule has 9 rings (SSSR count). The summed E-state index contributed by atoms with van der Waals surface area (Å²) in [6.45, 7) is 0. The molecule has 2 aromatic heterocycles. The van der Waals surface area contributed by atoms with Crippen LogP contribution in [0.3, 0.4) is 0 Å². The summed E-state index contributed by atoms with van der Waals surface area (Å²) in [5, 5.41) is 9.70. The second-order valence-corrected chi connectivity index (χ2v) is 12.9. The molecule has 1 N–H and O–H groups in total. The van der Waals surface area contributed by atoms with Crippen molar-refractivity contribution in [2.75, 3.05) is 10.2 Å². The molecule has 0 saturated heterocycles. The Bertz CT molecular complexity index is 2250. The van der Waals surface area contributed by atoms with Crippen molar-refractivity contribution in [3.63, 3.8) is 0 Å². The normalized spacial score (nSPS) is 16.1. The molecule has 1 unspecified atom stereocenters. The largest absolute Gasteiger partial charge is 0.456 e. The summed E-state index contributed by atoms with van der Waals surface area (Å²) < 4.78 is 7.75. The van der Waals surface area contributed by atoms with Crippen LogP contribution < -0.4 is 10.2 Å². The van der Waals surface area contributed by atoms with E-state index < -0.39 is 0 Å². The van der Waals surface area contributed by atoms with E-state index in [2.05, 4.69) is 144 Å². The molecule has 2 heterocycles. The maximum Gasteiger partial charge on any atom is 0.137 e. The number of anilines is 3. The van der Waals surface area contributed by atoms with Gasteiger partial charge in [-0.05, 0) is 95.9 Å². The number of benzene rings is 5. The van der Waals surface area contributed by atoms with Crippen LogP contribution in [-0.4, -0.2) is 6.04 Å². The van der Waals surface area contributed by atoms with Crippen LogP contribution in [0.15, 0.2) is 138 Å². The van der Waals surface area contributed by atoms with Gasteiger partial charge in [-0.1, -0.05) is 60.7 Å². The number of nitrogens with zero attached hydrogens (tertiary/aromatic N) is 1. The zero-order chi connectivity index (χ0) is 29.0. The number of allylic oxidation sites excluding steroid dienone is 4. The minimum absolute atomic E-state index is 0.244. The first kappa shape index (κ1) is 25.4. The van der Waals surface area contributed by atoms with E-state index in [1.165, 1.54) is 53.8 Å². The monoisotopic (exact) mass is 586 g/mol. The van der Waals surface area contributed by atoms with Crippen LogP contribution in [0, 0.1) is 0 Å². The summed E-state index contributed by atoms with van der Waals surface area (Å²) in [7, 11) is 0. The number of hydrogen-bond donors (Lipinski definition) is 1. The first-order chi connectivity index (χ1) is 21.8. The molecule has 0 radical (unpaired) electrons. The van der Waals surface area contributed by atoms with Crippen LogP contribution in [-0.2, 0) is 6.42 Å². The number of rotatable bonds is 5. The molecule has 0 bridgehead atoms. The van der Waals surface area contributed by atoms with Gasteiger partial charge in [0.05, 0.1) is 6.04 Å². The molecule has 212 valence electrons. The summed E-state index contributed by atoms with van der Waals surface area (Å²) in [6.07, 6.45) is 14.3. The average molecular weight is 587 g/mol. The van der Waals surface area contributed by atoms with Gasteiger partial charge in [0, 0.05) is 61.0 Å². The third-order valence-corrected chi connectivity index (χ3v) is 10.1. The Morgan fingerprint density at radius 1 is 0.750 bits per heavy atom. The van der Waals surface area contributed by atoms with Crippen molar-refractivity contribution in [1.29, 1.82) is 0 Å². The summed E-state index contributed by atoms with van der Waals surface area (Å²) in [5.41, 5.74) is 7.95. The van der Waals surface area contributed by atoms with E-state index >= 15 is 0 Å². The summed E-state index contributed by atoms with van der Waals surface area (Å²) in [5.74, 6) is 0. The van der Waals surface area contributed by atoms with Crippen molar-refractivity contribution in [1.82, 2.24) is 0 Å². The van der Waals surface area contributed by atoms with E-state index in [0.717, 1.165) is 41.5 Å². The number of para-hydroxylation sites is 2. The summed E-state index contributed by atoms with van der Waals surface area (Å²) >= 11 is 1.93. The fraction of sp³-hybridized carbons (Fsp3) is 0.100. The zero-order valence-electron chi connectivity index (χ0n) is 24.2. The van der Waals surface area contributed by atoms with Crippen molar-refractivity contribution in [2.45, 2.75) is 25.3 Å². The highest BCUT2D eigenvalue weighted by Gasteiger charge is 2.25. The predicted molar refractivity (Wildman–Crippen MR) is 188 cm³/mol. The van der Waals surface area contributed by atoms with Crippen LogP contribution in [0.4, 0.5) is 17.1 Å². The quantitative estimate of drug-likeness (QED) is 0.217. The number of hydrogen-bond acceptors (Lipinski definition) is 4. The highest BCUT2D eigenvalue weighted by atomic mass is 32.1. The van der Waals surface area contributed by atoms with E-state index in [-0.39, 0.29) is 6.04 Å². The molecular weight excluding hydrogens is 557 g/mol. The Kier molecular flexibility index (Phi) is 5.95. The Morgan fingerprint density at radius 2 is 1.50 bits per heavy atom. The van der Waals surface area contributed by atoms with Gasteiger partial charge >= 0.3 is 0 Å². The van der Waals surface area contributed by atoms with E-state index in [9.17, 15) is 0 Å². The van der Waals surface area contributed by atoms with Gasteiger partial charge in [0.1, 0.15) is 11.2 Å². The molecule has 4 heteroatoms. The standard InChI is InChI=1S/C40H30N2OS/c1-4-10-28(11-5-1)41-29-16-18-33-35-20-26-21-36-34-19-17-32(42(30-12-6-2-7-13-30)31-14-8-3-9-15-31)25-40(34)44-39(36)23-27(26)22-37(35)43-38(33)24-29/h1-4,6-10,12-24,32,41H,5,11,25H2. The fourth-order valence-electron chi connectivity index (χ4n) is 6.84. The van der Waals surface area contributed by atoms with Gasteiger partial charge in [0.25, 0.3) is 0 Å². The lowest BCUT2D eigenvalue weighted by Gasteiger charge is -2.33. The molecular formula is C40H30N2OS. The molecule has 2 aliphatic carbocycles. The van der Waals surface area contributed by atoms with Crippen LogP contribution in [0.5, 0.6) is 0 Å². The molecule has 0 saturated carbocycles. The Balaban J connectivity index is 1.09. The number of thiophene rings is 1. The minimum Gasteiger partial charge on any atom is -0.456 e. The second kappa shape index (κ2) is 10.3. The van der Waals surface area contributed by atoms with E-state index in [4.69, 9.17) is 4.42 Å². The lowest BCUT2D eigenvalue weighted by atomic mass is 9.96. The Hall–Kier alpha value is -5.06. The van der Waals surface area contributed by atoms with Gasteiger partial charge in [0.2, 0.25) is 0 Å².